The van der Waals surface area contributed by atoms with Gasteiger partial charge in [-0.1, -0.05) is 30.3 Å². The maximum Gasteiger partial charge on any atom is 0.245 e. The van der Waals surface area contributed by atoms with Crippen molar-refractivity contribution >= 4 is 5.91 Å². The summed E-state index contributed by atoms with van der Waals surface area (Å²) in [7, 11) is 1.35. The molecule has 28 heavy (non-hydrogen) atoms. The lowest BCUT2D eigenvalue weighted by molar-refractivity contribution is -0.159. The molecular weight excluding hydrogens is 358 g/mol. The van der Waals surface area contributed by atoms with Gasteiger partial charge in [0.1, 0.15) is 0 Å². The molecule has 6 heteroatoms. The van der Waals surface area contributed by atoms with E-state index in [0.29, 0.717) is 61.8 Å². The SMILES string of the molecule is CN(O)C(=O)CCCOCC[C@H]1[C@@H](CCOCc2ccccc2)[C@H]2CC[C@@H]1O2. The molecule has 2 aliphatic heterocycles. The summed E-state index contributed by atoms with van der Waals surface area (Å²) < 4.78 is 17.8. The molecule has 2 fully saturated rings. The summed E-state index contributed by atoms with van der Waals surface area (Å²) in [6.07, 6.45) is 6.06. The monoisotopic (exact) mass is 391 g/mol. The lowest BCUT2D eigenvalue weighted by Crippen LogP contribution is -2.29. The van der Waals surface area contributed by atoms with Crippen molar-refractivity contribution < 1.29 is 24.2 Å². The van der Waals surface area contributed by atoms with E-state index in [1.807, 2.05) is 18.2 Å². The summed E-state index contributed by atoms with van der Waals surface area (Å²) in [6, 6.07) is 10.3. The molecule has 4 atom stereocenters. The van der Waals surface area contributed by atoms with Gasteiger partial charge in [-0.2, -0.15) is 0 Å². The van der Waals surface area contributed by atoms with Crippen LogP contribution in [0.15, 0.2) is 30.3 Å². The van der Waals surface area contributed by atoms with E-state index in [1.54, 1.807) is 0 Å². The summed E-state index contributed by atoms with van der Waals surface area (Å²) in [6.45, 7) is 2.67. The van der Waals surface area contributed by atoms with Crippen LogP contribution in [0, 0.1) is 11.8 Å². The molecule has 2 bridgehead atoms. The molecular formula is C22H33NO5. The Kier molecular flexibility index (Phi) is 8.27. The summed E-state index contributed by atoms with van der Waals surface area (Å²) in [5, 5.41) is 9.67. The van der Waals surface area contributed by atoms with Crippen LogP contribution in [0.25, 0.3) is 0 Å². The molecule has 2 aliphatic rings. The number of hydrogen-bond donors (Lipinski definition) is 1. The fraction of sp³-hybridized carbons (Fsp3) is 0.682. The number of amides is 1. The fourth-order valence-corrected chi connectivity index (χ4v) is 4.46. The summed E-state index contributed by atoms with van der Waals surface area (Å²) >= 11 is 0. The first-order valence-electron chi connectivity index (χ1n) is 10.5. The number of carbonyl (C=O) groups is 1. The van der Waals surface area contributed by atoms with E-state index in [1.165, 1.54) is 19.0 Å². The maximum atomic E-state index is 11.3. The first kappa shape index (κ1) is 21.2. The average Bonchev–Trinajstić information content (AvgIpc) is 3.30. The third-order valence-electron chi connectivity index (χ3n) is 5.93. The normalized spacial score (nSPS) is 25.9. The van der Waals surface area contributed by atoms with E-state index in [9.17, 15) is 4.79 Å². The Balaban J connectivity index is 1.32. The van der Waals surface area contributed by atoms with E-state index in [-0.39, 0.29) is 5.91 Å². The Hall–Kier alpha value is -1.47. The van der Waals surface area contributed by atoms with Crippen molar-refractivity contribution in [3.63, 3.8) is 0 Å². The van der Waals surface area contributed by atoms with Crippen LogP contribution in [0.3, 0.4) is 0 Å². The highest BCUT2D eigenvalue weighted by Gasteiger charge is 2.47. The number of hydroxylamine groups is 2. The molecule has 2 heterocycles. The van der Waals surface area contributed by atoms with Gasteiger partial charge in [-0.05, 0) is 49.5 Å². The third kappa shape index (κ3) is 6.01. The Morgan fingerprint density at radius 2 is 1.71 bits per heavy atom. The van der Waals surface area contributed by atoms with Gasteiger partial charge < -0.3 is 14.2 Å². The Morgan fingerprint density at radius 1 is 1.07 bits per heavy atom. The van der Waals surface area contributed by atoms with Gasteiger partial charge in [-0.15, -0.1) is 0 Å². The number of nitrogens with zero attached hydrogens (tertiary/aromatic N) is 1. The van der Waals surface area contributed by atoms with Gasteiger partial charge in [0.2, 0.25) is 5.91 Å². The summed E-state index contributed by atoms with van der Waals surface area (Å²) in [5.74, 6) is 0.827. The van der Waals surface area contributed by atoms with Crippen molar-refractivity contribution in [2.45, 2.75) is 57.3 Å². The Labute approximate surface area is 167 Å². The lowest BCUT2D eigenvalue weighted by atomic mass is 9.76. The molecule has 6 nitrogen and oxygen atoms in total. The van der Waals surface area contributed by atoms with Crippen LogP contribution in [0.4, 0.5) is 0 Å². The van der Waals surface area contributed by atoms with Gasteiger partial charge in [-0.25, -0.2) is 5.06 Å². The third-order valence-corrected chi connectivity index (χ3v) is 5.93. The molecule has 0 radical (unpaired) electrons. The van der Waals surface area contributed by atoms with Gasteiger partial charge >= 0.3 is 0 Å². The first-order chi connectivity index (χ1) is 13.6. The minimum absolute atomic E-state index is 0.277. The predicted molar refractivity (Wildman–Crippen MR) is 105 cm³/mol. The van der Waals surface area contributed by atoms with E-state index in [2.05, 4.69) is 12.1 Å². The lowest BCUT2D eigenvalue weighted by Gasteiger charge is -2.28. The molecule has 0 unspecified atom stereocenters. The van der Waals surface area contributed by atoms with Crippen molar-refractivity contribution in [3.8, 4) is 0 Å². The Bertz CT molecular complexity index is 594. The second kappa shape index (κ2) is 10.9. The van der Waals surface area contributed by atoms with Crippen molar-refractivity contribution in [2.24, 2.45) is 11.8 Å². The zero-order valence-corrected chi connectivity index (χ0v) is 16.8. The quantitative estimate of drug-likeness (QED) is 0.336. The molecule has 3 rings (SSSR count). The molecule has 0 saturated carbocycles. The van der Waals surface area contributed by atoms with Crippen molar-refractivity contribution in [1.82, 2.24) is 5.06 Å². The number of benzene rings is 1. The molecule has 0 spiro atoms. The number of ether oxygens (including phenoxy) is 3. The van der Waals surface area contributed by atoms with Crippen LogP contribution < -0.4 is 0 Å². The van der Waals surface area contributed by atoms with Gasteiger partial charge in [-0.3, -0.25) is 10.0 Å². The highest BCUT2D eigenvalue weighted by Crippen LogP contribution is 2.46. The number of rotatable bonds is 12. The van der Waals surface area contributed by atoms with Crippen LogP contribution in [0.2, 0.25) is 0 Å². The zero-order valence-electron chi connectivity index (χ0n) is 16.8. The summed E-state index contributed by atoms with van der Waals surface area (Å²) in [4.78, 5) is 11.3. The van der Waals surface area contributed by atoms with Crippen LogP contribution in [-0.4, -0.2) is 55.3 Å². The maximum absolute atomic E-state index is 11.3. The molecule has 1 N–H and O–H groups in total. The summed E-state index contributed by atoms with van der Waals surface area (Å²) in [5.41, 5.74) is 1.21. The largest absolute Gasteiger partial charge is 0.381 e. The molecule has 1 aromatic carbocycles. The highest BCUT2D eigenvalue weighted by molar-refractivity contribution is 5.74. The minimum atomic E-state index is -0.277. The van der Waals surface area contributed by atoms with Crippen LogP contribution in [0.1, 0.15) is 44.1 Å². The molecule has 0 aliphatic carbocycles. The number of hydrogen-bond acceptors (Lipinski definition) is 5. The van der Waals surface area contributed by atoms with E-state index in [0.717, 1.165) is 25.9 Å². The first-order valence-corrected chi connectivity index (χ1v) is 10.5. The second-order valence-electron chi connectivity index (χ2n) is 7.87. The standard InChI is InChI=1S/C22H33NO5/c1-23(25)22(24)8-5-13-26-14-11-18-19(21-10-9-20(18)28-21)12-15-27-16-17-6-3-2-4-7-17/h2-4,6-7,18-21,25H,5,8-16H2,1H3/t18-,19+,20-,21+/m0/s1. The second-order valence-corrected chi connectivity index (χ2v) is 7.87. The van der Waals surface area contributed by atoms with Crippen molar-refractivity contribution in [2.75, 3.05) is 26.9 Å². The Morgan fingerprint density at radius 3 is 2.36 bits per heavy atom. The molecule has 156 valence electrons. The van der Waals surface area contributed by atoms with Gasteiger partial charge in [0.15, 0.2) is 0 Å². The van der Waals surface area contributed by atoms with E-state index >= 15 is 0 Å². The minimum Gasteiger partial charge on any atom is -0.381 e. The average molecular weight is 392 g/mol. The van der Waals surface area contributed by atoms with E-state index < -0.39 is 0 Å². The number of fused-ring (bicyclic) bond motifs is 2. The van der Waals surface area contributed by atoms with Crippen LogP contribution >= 0.6 is 0 Å². The van der Waals surface area contributed by atoms with Gasteiger partial charge in [0.25, 0.3) is 0 Å². The van der Waals surface area contributed by atoms with Crippen LogP contribution in [-0.2, 0) is 25.6 Å². The van der Waals surface area contributed by atoms with Gasteiger partial charge in [0, 0.05) is 33.3 Å². The topological polar surface area (TPSA) is 68.2 Å². The smallest absolute Gasteiger partial charge is 0.245 e. The molecule has 1 amide bonds. The molecule has 1 aromatic rings. The van der Waals surface area contributed by atoms with Crippen LogP contribution in [0.5, 0.6) is 0 Å². The number of carbonyl (C=O) groups excluding carboxylic acids is 1. The van der Waals surface area contributed by atoms with Crippen molar-refractivity contribution in [1.29, 1.82) is 0 Å². The van der Waals surface area contributed by atoms with Crippen molar-refractivity contribution in [3.05, 3.63) is 35.9 Å². The fourth-order valence-electron chi connectivity index (χ4n) is 4.46. The van der Waals surface area contributed by atoms with E-state index in [4.69, 9.17) is 19.4 Å². The predicted octanol–water partition coefficient (Wildman–Crippen LogP) is 3.42. The molecule has 0 aromatic heterocycles. The van der Waals surface area contributed by atoms with Gasteiger partial charge in [0.05, 0.1) is 18.8 Å². The highest BCUT2D eigenvalue weighted by atomic mass is 16.5. The zero-order chi connectivity index (χ0) is 19.8. The molecule has 2 saturated heterocycles.